The second kappa shape index (κ2) is 8.67. The van der Waals surface area contributed by atoms with Crippen LogP contribution < -0.4 is 4.74 Å². The molecular formula is C26H28N2O3. The molecule has 5 heteroatoms. The van der Waals surface area contributed by atoms with E-state index in [1.807, 2.05) is 29.3 Å². The SMILES string of the molecule is Cc1cc(-c2ccc(OC3CCN(C(=O)C4CCCO4)CC3)cc2)cc2ncccc12. The van der Waals surface area contributed by atoms with Gasteiger partial charge >= 0.3 is 0 Å². The van der Waals surface area contributed by atoms with Crippen LogP contribution in [0.4, 0.5) is 0 Å². The third-order valence-corrected chi connectivity index (χ3v) is 6.38. The topological polar surface area (TPSA) is 51.7 Å². The van der Waals surface area contributed by atoms with Gasteiger partial charge in [-0.1, -0.05) is 24.3 Å². The highest BCUT2D eigenvalue weighted by molar-refractivity contribution is 5.87. The summed E-state index contributed by atoms with van der Waals surface area (Å²) in [4.78, 5) is 18.9. The highest BCUT2D eigenvalue weighted by atomic mass is 16.5. The minimum atomic E-state index is -0.223. The fraction of sp³-hybridized carbons (Fsp3) is 0.385. The Morgan fingerprint density at radius 1 is 1.06 bits per heavy atom. The lowest BCUT2D eigenvalue weighted by atomic mass is 10.00. The summed E-state index contributed by atoms with van der Waals surface area (Å²) in [5.41, 5.74) is 4.56. The summed E-state index contributed by atoms with van der Waals surface area (Å²) in [5, 5.41) is 1.19. The number of carbonyl (C=O) groups excluding carboxylic acids is 1. The van der Waals surface area contributed by atoms with Crippen LogP contribution in [0.5, 0.6) is 5.75 Å². The normalized spacial score (nSPS) is 19.6. The zero-order valence-electron chi connectivity index (χ0n) is 17.9. The van der Waals surface area contributed by atoms with E-state index in [1.165, 1.54) is 10.9 Å². The number of carbonyl (C=O) groups is 1. The largest absolute Gasteiger partial charge is 0.490 e. The van der Waals surface area contributed by atoms with Gasteiger partial charge in [-0.2, -0.15) is 0 Å². The number of aromatic nitrogens is 1. The molecular weight excluding hydrogens is 388 g/mol. The summed E-state index contributed by atoms with van der Waals surface area (Å²) in [6, 6.07) is 16.7. The lowest BCUT2D eigenvalue weighted by molar-refractivity contribution is -0.142. The second-order valence-corrected chi connectivity index (χ2v) is 8.53. The third kappa shape index (κ3) is 4.28. The van der Waals surface area contributed by atoms with Crippen molar-refractivity contribution in [1.29, 1.82) is 0 Å². The summed E-state index contributed by atoms with van der Waals surface area (Å²) in [7, 11) is 0. The van der Waals surface area contributed by atoms with Crippen LogP contribution in [0.15, 0.2) is 54.7 Å². The summed E-state index contributed by atoms with van der Waals surface area (Å²) in [6.45, 7) is 4.32. The van der Waals surface area contributed by atoms with Crippen LogP contribution >= 0.6 is 0 Å². The average Bonchev–Trinajstić information content (AvgIpc) is 3.35. The van der Waals surface area contributed by atoms with Gasteiger partial charge in [0.25, 0.3) is 5.91 Å². The number of amides is 1. The Morgan fingerprint density at radius 2 is 1.87 bits per heavy atom. The number of aryl methyl sites for hydroxylation is 1. The fourth-order valence-electron chi connectivity index (χ4n) is 4.62. The summed E-state index contributed by atoms with van der Waals surface area (Å²) >= 11 is 0. The molecule has 31 heavy (non-hydrogen) atoms. The van der Waals surface area contributed by atoms with Crippen LogP contribution in [0.25, 0.3) is 22.0 Å². The smallest absolute Gasteiger partial charge is 0.251 e. The highest BCUT2D eigenvalue weighted by Crippen LogP contribution is 2.29. The van der Waals surface area contributed by atoms with Crippen molar-refractivity contribution < 1.29 is 14.3 Å². The molecule has 1 amide bonds. The molecule has 2 saturated heterocycles. The van der Waals surface area contributed by atoms with Crippen LogP contribution in [0.1, 0.15) is 31.2 Å². The molecule has 1 unspecified atom stereocenters. The molecule has 2 aliphatic heterocycles. The van der Waals surface area contributed by atoms with Crippen molar-refractivity contribution in [3.05, 3.63) is 60.3 Å². The molecule has 2 aromatic carbocycles. The number of likely N-dealkylation sites (tertiary alicyclic amines) is 1. The summed E-state index contributed by atoms with van der Waals surface area (Å²) in [5.74, 6) is 1.03. The van der Waals surface area contributed by atoms with Crippen molar-refractivity contribution in [3.63, 3.8) is 0 Å². The molecule has 3 heterocycles. The molecule has 2 fully saturated rings. The zero-order valence-corrected chi connectivity index (χ0v) is 17.9. The van der Waals surface area contributed by atoms with Crippen molar-refractivity contribution in [2.24, 2.45) is 0 Å². The van der Waals surface area contributed by atoms with E-state index in [0.717, 1.165) is 61.2 Å². The van der Waals surface area contributed by atoms with Crippen molar-refractivity contribution in [2.75, 3.05) is 19.7 Å². The maximum atomic E-state index is 12.5. The van der Waals surface area contributed by atoms with Gasteiger partial charge in [-0.25, -0.2) is 0 Å². The molecule has 0 N–H and O–H groups in total. The van der Waals surface area contributed by atoms with Crippen LogP contribution in [0.2, 0.25) is 0 Å². The third-order valence-electron chi connectivity index (χ3n) is 6.38. The van der Waals surface area contributed by atoms with E-state index in [9.17, 15) is 4.79 Å². The second-order valence-electron chi connectivity index (χ2n) is 8.53. The maximum Gasteiger partial charge on any atom is 0.251 e. The quantitative estimate of drug-likeness (QED) is 0.615. The Bertz CT molecular complexity index is 1070. The first-order chi connectivity index (χ1) is 15.2. The number of hydrogen-bond donors (Lipinski definition) is 0. The van der Waals surface area contributed by atoms with E-state index >= 15 is 0 Å². The molecule has 160 valence electrons. The van der Waals surface area contributed by atoms with E-state index < -0.39 is 0 Å². The van der Waals surface area contributed by atoms with E-state index in [1.54, 1.807) is 0 Å². The van der Waals surface area contributed by atoms with Gasteiger partial charge in [0.2, 0.25) is 0 Å². The Hall–Kier alpha value is -2.92. The van der Waals surface area contributed by atoms with E-state index in [-0.39, 0.29) is 18.1 Å². The van der Waals surface area contributed by atoms with Gasteiger partial charge in [-0.05, 0) is 60.7 Å². The lowest BCUT2D eigenvalue weighted by Gasteiger charge is -2.33. The minimum Gasteiger partial charge on any atom is -0.490 e. The molecule has 3 aromatic rings. The Labute approximate surface area is 183 Å². The van der Waals surface area contributed by atoms with Crippen LogP contribution in [0.3, 0.4) is 0 Å². The van der Waals surface area contributed by atoms with Gasteiger partial charge in [0, 0.05) is 44.1 Å². The molecule has 5 nitrogen and oxygen atoms in total. The number of nitrogens with zero attached hydrogens (tertiary/aromatic N) is 2. The minimum absolute atomic E-state index is 0.145. The number of hydrogen-bond acceptors (Lipinski definition) is 4. The number of piperidine rings is 1. The van der Waals surface area contributed by atoms with Crippen LogP contribution in [0, 0.1) is 6.92 Å². The zero-order chi connectivity index (χ0) is 21.2. The van der Waals surface area contributed by atoms with Crippen molar-refractivity contribution in [2.45, 2.75) is 44.8 Å². The molecule has 0 spiro atoms. The molecule has 0 aliphatic carbocycles. The molecule has 1 atom stereocenters. The van der Waals surface area contributed by atoms with Crippen LogP contribution in [-0.2, 0) is 9.53 Å². The number of pyridine rings is 1. The van der Waals surface area contributed by atoms with E-state index in [0.29, 0.717) is 6.61 Å². The first-order valence-corrected chi connectivity index (χ1v) is 11.2. The summed E-state index contributed by atoms with van der Waals surface area (Å²) < 4.78 is 11.8. The number of fused-ring (bicyclic) bond motifs is 1. The average molecular weight is 417 g/mol. The predicted molar refractivity (Wildman–Crippen MR) is 121 cm³/mol. The number of benzene rings is 2. The number of ether oxygens (including phenoxy) is 2. The van der Waals surface area contributed by atoms with Gasteiger partial charge in [-0.3, -0.25) is 9.78 Å². The molecule has 2 aliphatic rings. The van der Waals surface area contributed by atoms with Gasteiger partial charge in [-0.15, -0.1) is 0 Å². The predicted octanol–water partition coefficient (Wildman–Crippen LogP) is 4.76. The molecule has 1 aromatic heterocycles. The number of rotatable bonds is 4. The Morgan fingerprint density at radius 3 is 2.61 bits per heavy atom. The Kier molecular flexibility index (Phi) is 5.60. The molecule has 0 bridgehead atoms. The molecule has 5 rings (SSSR count). The Balaban J connectivity index is 1.21. The first kappa shape index (κ1) is 20.0. The van der Waals surface area contributed by atoms with Crippen molar-refractivity contribution >= 4 is 16.8 Å². The van der Waals surface area contributed by atoms with Crippen molar-refractivity contribution in [1.82, 2.24) is 9.88 Å². The fourth-order valence-corrected chi connectivity index (χ4v) is 4.62. The first-order valence-electron chi connectivity index (χ1n) is 11.2. The monoisotopic (exact) mass is 416 g/mol. The van der Waals surface area contributed by atoms with E-state index in [4.69, 9.17) is 9.47 Å². The van der Waals surface area contributed by atoms with E-state index in [2.05, 4.69) is 42.2 Å². The van der Waals surface area contributed by atoms with Gasteiger partial charge in [0.15, 0.2) is 0 Å². The molecule has 0 saturated carbocycles. The van der Waals surface area contributed by atoms with Gasteiger partial charge in [0.1, 0.15) is 18.0 Å². The highest BCUT2D eigenvalue weighted by Gasteiger charge is 2.31. The van der Waals surface area contributed by atoms with Gasteiger partial charge in [0.05, 0.1) is 5.52 Å². The van der Waals surface area contributed by atoms with Gasteiger partial charge < -0.3 is 14.4 Å². The standard InChI is InChI=1S/C26H28N2O3/c1-18-16-20(17-24-23(18)4-2-12-27-24)19-6-8-21(9-7-19)31-22-10-13-28(14-11-22)26(29)25-5-3-15-30-25/h2,4,6-9,12,16-17,22,25H,3,5,10-11,13-15H2,1H3. The van der Waals surface area contributed by atoms with Crippen molar-refractivity contribution in [3.8, 4) is 16.9 Å². The lowest BCUT2D eigenvalue weighted by Crippen LogP contribution is -2.45. The maximum absolute atomic E-state index is 12.5. The molecule has 0 radical (unpaired) electrons. The van der Waals surface area contributed by atoms with Crippen LogP contribution in [-0.4, -0.2) is 47.7 Å². The summed E-state index contributed by atoms with van der Waals surface area (Å²) in [6.07, 6.45) is 5.31.